The minimum absolute atomic E-state index is 0.308. The second-order valence-electron chi connectivity index (χ2n) is 5.43. The molecule has 0 N–H and O–H groups in total. The summed E-state index contributed by atoms with van der Waals surface area (Å²) in [6, 6.07) is 0. The van der Waals surface area contributed by atoms with Gasteiger partial charge in [-0.3, -0.25) is 4.79 Å². The Kier molecular flexibility index (Phi) is 0.533. The van der Waals surface area contributed by atoms with E-state index in [4.69, 9.17) is 11.6 Å². The van der Waals surface area contributed by atoms with Gasteiger partial charge in [0.05, 0.1) is 0 Å². The van der Waals surface area contributed by atoms with E-state index in [1.807, 2.05) is 0 Å². The van der Waals surface area contributed by atoms with Crippen LogP contribution in [0.1, 0.15) is 6.42 Å². The van der Waals surface area contributed by atoms with E-state index in [9.17, 15) is 4.79 Å². The van der Waals surface area contributed by atoms with Crippen molar-refractivity contribution >= 4 is 17.4 Å². The molecule has 0 heterocycles. The lowest BCUT2D eigenvalue weighted by Crippen LogP contribution is -2.63. The Morgan fingerprint density at radius 2 is 1.92 bits per heavy atom. The maximum atomic E-state index is 11.8. The standard InChI is InChI=1S/C10H9ClO/c11-10-7-3-1-2-4(7)6(9(10)12)5(2)8(3)10/h2-8H,1H2. The molecule has 0 aromatic rings. The van der Waals surface area contributed by atoms with E-state index >= 15 is 0 Å². The van der Waals surface area contributed by atoms with Crippen molar-refractivity contribution in [3.8, 4) is 0 Å². The summed E-state index contributed by atoms with van der Waals surface area (Å²) in [7, 11) is 0. The number of halogens is 1. The molecular weight excluding hydrogens is 172 g/mol. The van der Waals surface area contributed by atoms with Crippen LogP contribution >= 0.6 is 11.6 Å². The number of carbonyl (C=O) groups is 1. The lowest BCUT2D eigenvalue weighted by atomic mass is 9.45. The smallest absolute Gasteiger partial charge is 0.158 e. The van der Waals surface area contributed by atoms with E-state index < -0.39 is 0 Å². The number of hydrogen-bond donors (Lipinski definition) is 0. The van der Waals surface area contributed by atoms with Crippen LogP contribution in [0.2, 0.25) is 0 Å². The third kappa shape index (κ3) is 0.238. The van der Waals surface area contributed by atoms with E-state index in [0.717, 1.165) is 23.7 Å². The number of rotatable bonds is 0. The zero-order valence-corrected chi connectivity index (χ0v) is 7.29. The van der Waals surface area contributed by atoms with Crippen molar-refractivity contribution < 1.29 is 4.79 Å². The van der Waals surface area contributed by atoms with Crippen molar-refractivity contribution in [2.45, 2.75) is 11.3 Å². The van der Waals surface area contributed by atoms with Crippen molar-refractivity contribution in [2.24, 2.45) is 41.4 Å². The fourth-order valence-corrected chi connectivity index (χ4v) is 6.56. The quantitative estimate of drug-likeness (QED) is 0.514. The van der Waals surface area contributed by atoms with Crippen LogP contribution < -0.4 is 0 Å². The Balaban J connectivity index is 1.92. The molecule has 4 bridgehead atoms. The van der Waals surface area contributed by atoms with E-state index in [0.29, 0.717) is 23.5 Å². The Hall–Kier alpha value is -0.0400. The molecule has 0 amide bonds. The predicted molar refractivity (Wildman–Crippen MR) is 42.6 cm³/mol. The fraction of sp³-hybridized carbons (Fsp3) is 0.900. The number of hydrogen-bond acceptors (Lipinski definition) is 1. The van der Waals surface area contributed by atoms with Gasteiger partial charge < -0.3 is 0 Å². The largest absolute Gasteiger partial charge is 0.297 e. The van der Waals surface area contributed by atoms with Gasteiger partial charge in [0.15, 0.2) is 5.78 Å². The fourth-order valence-electron chi connectivity index (χ4n) is 5.82. The SMILES string of the molecule is O=C1C2C3C4CC5C3C1(Cl)C5C42. The average molecular weight is 181 g/mol. The molecular formula is C10H9ClO. The lowest BCUT2D eigenvalue weighted by Gasteiger charge is -2.61. The first-order chi connectivity index (χ1) is 5.76. The summed E-state index contributed by atoms with van der Waals surface area (Å²) in [5.41, 5.74) is 0. The molecule has 2 heteroatoms. The normalized spacial score (nSPS) is 84.4. The molecule has 0 radical (unpaired) electrons. The van der Waals surface area contributed by atoms with E-state index in [1.54, 1.807) is 0 Å². The minimum atomic E-state index is -0.308. The molecule has 6 aliphatic rings. The zero-order chi connectivity index (χ0) is 7.83. The summed E-state index contributed by atoms with van der Waals surface area (Å²) >= 11 is 6.44. The van der Waals surface area contributed by atoms with Crippen LogP contribution in [0.4, 0.5) is 0 Å². The first kappa shape index (κ1) is 5.64. The monoisotopic (exact) mass is 180 g/mol. The molecule has 6 rings (SSSR count). The molecule has 4 unspecified atom stereocenters. The van der Waals surface area contributed by atoms with Crippen molar-refractivity contribution in [1.29, 1.82) is 0 Å². The van der Waals surface area contributed by atoms with Gasteiger partial charge in [-0.25, -0.2) is 0 Å². The van der Waals surface area contributed by atoms with Gasteiger partial charge in [0.25, 0.3) is 0 Å². The highest BCUT2D eigenvalue weighted by Gasteiger charge is 2.93. The molecule has 6 fully saturated rings. The van der Waals surface area contributed by atoms with Gasteiger partial charge in [0.1, 0.15) is 4.87 Å². The molecule has 0 aliphatic heterocycles. The van der Waals surface area contributed by atoms with Crippen LogP contribution in [0.5, 0.6) is 0 Å². The van der Waals surface area contributed by atoms with Crippen molar-refractivity contribution in [3.05, 3.63) is 0 Å². The van der Waals surface area contributed by atoms with Crippen LogP contribution in [0, 0.1) is 41.4 Å². The Morgan fingerprint density at radius 3 is 2.50 bits per heavy atom. The molecule has 6 aliphatic carbocycles. The second-order valence-corrected chi connectivity index (χ2v) is 6.05. The Labute approximate surface area is 75.5 Å². The zero-order valence-electron chi connectivity index (χ0n) is 6.53. The average Bonchev–Trinajstić information content (AvgIpc) is 2.58. The molecule has 0 aromatic carbocycles. The van der Waals surface area contributed by atoms with Crippen molar-refractivity contribution in [2.75, 3.05) is 0 Å². The number of carbonyl (C=O) groups excluding carboxylic acids is 1. The van der Waals surface area contributed by atoms with Gasteiger partial charge in [-0.15, -0.1) is 11.6 Å². The maximum Gasteiger partial charge on any atom is 0.158 e. The van der Waals surface area contributed by atoms with Crippen molar-refractivity contribution in [3.63, 3.8) is 0 Å². The summed E-state index contributed by atoms with van der Waals surface area (Å²) in [6.45, 7) is 0. The van der Waals surface area contributed by atoms with Gasteiger partial charge in [0, 0.05) is 5.92 Å². The summed E-state index contributed by atoms with van der Waals surface area (Å²) in [5.74, 6) is 5.50. The molecule has 6 saturated carbocycles. The third-order valence-electron chi connectivity index (χ3n) is 5.76. The van der Waals surface area contributed by atoms with Crippen LogP contribution in [0.25, 0.3) is 0 Å². The molecule has 0 aromatic heterocycles. The van der Waals surface area contributed by atoms with Crippen molar-refractivity contribution in [1.82, 2.24) is 0 Å². The summed E-state index contributed by atoms with van der Waals surface area (Å²) in [5, 5.41) is 0. The van der Waals surface area contributed by atoms with E-state index in [1.165, 1.54) is 6.42 Å². The summed E-state index contributed by atoms with van der Waals surface area (Å²) < 4.78 is 0. The third-order valence-corrected chi connectivity index (χ3v) is 6.46. The van der Waals surface area contributed by atoms with Gasteiger partial charge in [-0.2, -0.15) is 0 Å². The van der Waals surface area contributed by atoms with Crippen LogP contribution in [0.3, 0.4) is 0 Å². The molecule has 0 saturated heterocycles. The van der Waals surface area contributed by atoms with E-state index in [2.05, 4.69) is 0 Å². The van der Waals surface area contributed by atoms with Gasteiger partial charge >= 0.3 is 0 Å². The summed E-state index contributed by atoms with van der Waals surface area (Å²) in [6.07, 6.45) is 1.42. The Bertz CT molecular complexity index is 330. The van der Waals surface area contributed by atoms with Gasteiger partial charge in [-0.05, 0) is 41.9 Å². The highest BCUT2D eigenvalue weighted by Crippen LogP contribution is 2.89. The molecule has 0 spiro atoms. The molecule has 4 atom stereocenters. The van der Waals surface area contributed by atoms with Crippen LogP contribution in [-0.2, 0) is 4.79 Å². The van der Waals surface area contributed by atoms with Gasteiger partial charge in [-0.1, -0.05) is 0 Å². The van der Waals surface area contributed by atoms with Crippen LogP contribution in [-0.4, -0.2) is 10.7 Å². The summed E-state index contributed by atoms with van der Waals surface area (Å²) in [4.78, 5) is 11.5. The second kappa shape index (κ2) is 1.13. The number of Topliss-reactive ketones (excluding diaryl/α,β-unsaturated/α-hetero) is 1. The van der Waals surface area contributed by atoms with Crippen LogP contribution in [0.15, 0.2) is 0 Å². The molecule has 12 heavy (non-hydrogen) atoms. The first-order valence-corrected chi connectivity index (χ1v) is 5.37. The van der Waals surface area contributed by atoms with E-state index in [-0.39, 0.29) is 4.87 Å². The highest BCUT2D eigenvalue weighted by atomic mass is 35.5. The Morgan fingerprint density at radius 1 is 1.25 bits per heavy atom. The topological polar surface area (TPSA) is 17.1 Å². The predicted octanol–water partition coefficient (Wildman–Crippen LogP) is 1.30. The molecule has 1 nitrogen and oxygen atoms in total. The minimum Gasteiger partial charge on any atom is -0.297 e. The number of alkyl halides is 1. The maximum absolute atomic E-state index is 11.8. The lowest BCUT2D eigenvalue weighted by molar-refractivity contribution is -0.125. The highest BCUT2D eigenvalue weighted by molar-refractivity contribution is 6.39. The number of ketones is 1. The molecule has 62 valence electrons. The first-order valence-electron chi connectivity index (χ1n) is 4.99. The van der Waals surface area contributed by atoms with Gasteiger partial charge in [0.2, 0.25) is 0 Å².